The average Bonchev–Trinajstić information content (AvgIpc) is 2.79. The summed E-state index contributed by atoms with van der Waals surface area (Å²) in [5.74, 6) is 1.43. The molecule has 0 saturated carbocycles. The van der Waals surface area contributed by atoms with Crippen molar-refractivity contribution in [3.05, 3.63) is 53.6 Å². The van der Waals surface area contributed by atoms with Gasteiger partial charge in [0.05, 0.1) is 6.04 Å². The second kappa shape index (κ2) is 8.88. The molecule has 2 aliphatic rings. The molecule has 1 atom stereocenters. The monoisotopic (exact) mass is 408 g/mol. The highest BCUT2D eigenvalue weighted by Gasteiger charge is 2.30. The Hall–Kier alpha value is -2.86. The number of amides is 1. The van der Waals surface area contributed by atoms with E-state index < -0.39 is 0 Å². The molecule has 0 bridgehead atoms. The van der Waals surface area contributed by atoms with Crippen LogP contribution in [0, 0.1) is 12.8 Å². The molecule has 158 valence electrons. The molecule has 6 nitrogen and oxygen atoms in total. The topological polar surface area (TPSA) is 67.9 Å². The lowest BCUT2D eigenvalue weighted by Crippen LogP contribution is -2.47. The molecule has 2 aromatic rings. The number of ether oxygens (including phenoxy) is 2. The Labute approximate surface area is 177 Å². The van der Waals surface area contributed by atoms with Crippen molar-refractivity contribution in [1.29, 1.82) is 0 Å². The summed E-state index contributed by atoms with van der Waals surface area (Å²) in [6.45, 7) is 6.43. The van der Waals surface area contributed by atoms with Gasteiger partial charge in [0, 0.05) is 17.2 Å². The van der Waals surface area contributed by atoms with Crippen molar-refractivity contribution in [3.8, 4) is 11.5 Å². The highest BCUT2D eigenvalue weighted by Crippen LogP contribution is 2.32. The third-order valence-corrected chi connectivity index (χ3v) is 5.97. The number of piperidine rings is 1. The summed E-state index contributed by atoms with van der Waals surface area (Å²) in [4.78, 5) is 27.7. The van der Waals surface area contributed by atoms with Gasteiger partial charge < -0.3 is 14.8 Å². The number of benzene rings is 2. The summed E-state index contributed by atoms with van der Waals surface area (Å²) in [6.07, 6.45) is 1.49. The minimum atomic E-state index is -0.239. The first kappa shape index (κ1) is 20.4. The first-order valence-electron chi connectivity index (χ1n) is 10.6. The van der Waals surface area contributed by atoms with Crippen LogP contribution in [0.1, 0.15) is 35.7 Å². The minimum absolute atomic E-state index is 0.0181. The number of nitrogens with zero attached hydrogens (tertiary/aromatic N) is 1. The number of carbonyl (C=O) groups excluding carboxylic acids is 2. The molecule has 0 spiro atoms. The van der Waals surface area contributed by atoms with E-state index in [1.54, 1.807) is 6.07 Å². The first-order valence-corrected chi connectivity index (χ1v) is 10.6. The Morgan fingerprint density at radius 1 is 1.00 bits per heavy atom. The molecule has 1 amide bonds. The first-order chi connectivity index (χ1) is 14.5. The van der Waals surface area contributed by atoms with Crippen LogP contribution in [0.3, 0.4) is 0 Å². The van der Waals surface area contributed by atoms with Crippen molar-refractivity contribution < 1.29 is 19.1 Å². The van der Waals surface area contributed by atoms with Gasteiger partial charge in [-0.15, -0.1) is 0 Å². The Kier molecular flexibility index (Phi) is 6.04. The van der Waals surface area contributed by atoms with E-state index in [1.807, 2.05) is 50.2 Å². The number of nitrogens with one attached hydrogen (secondary N) is 1. The fraction of sp³-hybridized carbons (Fsp3) is 0.417. The zero-order chi connectivity index (χ0) is 21.1. The highest BCUT2D eigenvalue weighted by molar-refractivity contribution is 5.98. The lowest BCUT2D eigenvalue weighted by Gasteiger charge is -2.34. The van der Waals surface area contributed by atoms with E-state index in [9.17, 15) is 9.59 Å². The van der Waals surface area contributed by atoms with E-state index >= 15 is 0 Å². The van der Waals surface area contributed by atoms with Crippen LogP contribution < -0.4 is 14.8 Å². The van der Waals surface area contributed by atoms with Crippen LogP contribution in [0.4, 0.5) is 5.69 Å². The molecule has 2 aliphatic heterocycles. The summed E-state index contributed by atoms with van der Waals surface area (Å²) < 4.78 is 11.1. The number of fused-ring (bicyclic) bond motifs is 1. The van der Waals surface area contributed by atoms with Gasteiger partial charge in [-0.1, -0.05) is 17.7 Å². The summed E-state index contributed by atoms with van der Waals surface area (Å²) >= 11 is 0. The molecule has 4 rings (SSSR count). The van der Waals surface area contributed by atoms with Crippen LogP contribution in [-0.4, -0.2) is 48.9 Å². The van der Waals surface area contributed by atoms with Crippen LogP contribution in [0.2, 0.25) is 0 Å². The maximum atomic E-state index is 13.0. The van der Waals surface area contributed by atoms with Crippen LogP contribution in [0.25, 0.3) is 0 Å². The molecule has 0 aliphatic carbocycles. The van der Waals surface area contributed by atoms with Crippen molar-refractivity contribution in [2.75, 3.05) is 31.6 Å². The van der Waals surface area contributed by atoms with Gasteiger partial charge in [0.1, 0.15) is 13.2 Å². The molecule has 30 heavy (non-hydrogen) atoms. The van der Waals surface area contributed by atoms with Crippen molar-refractivity contribution in [2.45, 2.75) is 32.7 Å². The number of Topliss-reactive ketones (excluding diaryl/α,β-unsaturated/α-hetero) is 1. The molecule has 1 saturated heterocycles. The number of hydrogen-bond acceptors (Lipinski definition) is 5. The predicted molar refractivity (Wildman–Crippen MR) is 115 cm³/mol. The Balaban J connectivity index is 1.32. The number of carbonyl (C=O) groups is 2. The molecule has 6 heteroatoms. The molecular formula is C24H28N2O4. The number of rotatable bonds is 5. The fourth-order valence-corrected chi connectivity index (χ4v) is 4.03. The van der Waals surface area contributed by atoms with Gasteiger partial charge in [-0.2, -0.15) is 0 Å². The Bertz CT molecular complexity index is 917. The van der Waals surface area contributed by atoms with Crippen molar-refractivity contribution in [1.82, 2.24) is 4.90 Å². The molecule has 1 fully saturated rings. The number of ketones is 1. The zero-order valence-corrected chi connectivity index (χ0v) is 17.5. The van der Waals surface area contributed by atoms with Crippen LogP contribution in [0.15, 0.2) is 42.5 Å². The smallest absolute Gasteiger partial charge is 0.241 e. The van der Waals surface area contributed by atoms with E-state index in [-0.39, 0.29) is 23.7 Å². The van der Waals surface area contributed by atoms with Gasteiger partial charge in [-0.05, 0) is 70.1 Å². The quantitative estimate of drug-likeness (QED) is 0.765. The van der Waals surface area contributed by atoms with Gasteiger partial charge in [-0.3, -0.25) is 14.5 Å². The van der Waals surface area contributed by atoms with E-state index in [0.29, 0.717) is 30.3 Å². The SMILES string of the molecule is Cc1ccc(NC(=O)C(C)N2CCC(C(=O)c3ccc4c(c3)OCCO4)CC2)cc1. The van der Waals surface area contributed by atoms with Gasteiger partial charge >= 0.3 is 0 Å². The molecule has 2 aromatic carbocycles. The Morgan fingerprint density at radius 2 is 1.67 bits per heavy atom. The van der Waals surface area contributed by atoms with Gasteiger partial charge in [0.2, 0.25) is 5.91 Å². The molecule has 1 N–H and O–H groups in total. The van der Waals surface area contributed by atoms with Crippen LogP contribution in [-0.2, 0) is 4.79 Å². The summed E-state index contributed by atoms with van der Waals surface area (Å²) in [5.41, 5.74) is 2.63. The molecule has 0 radical (unpaired) electrons. The minimum Gasteiger partial charge on any atom is -0.486 e. The number of aryl methyl sites for hydroxylation is 1. The lowest BCUT2D eigenvalue weighted by molar-refractivity contribution is -0.121. The van der Waals surface area contributed by atoms with Crippen LogP contribution in [0.5, 0.6) is 11.5 Å². The number of likely N-dealkylation sites (tertiary alicyclic amines) is 1. The second-order valence-corrected chi connectivity index (χ2v) is 8.06. The Morgan fingerprint density at radius 3 is 2.37 bits per heavy atom. The number of hydrogen-bond donors (Lipinski definition) is 1. The summed E-state index contributed by atoms with van der Waals surface area (Å²) in [5, 5.41) is 2.98. The van der Waals surface area contributed by atoms with Crippen molar-refractivity contribution in [2.24, 2.45) is 5.92 Å². The largest absolute Gasteiger partial charge is 0.486 e. The zero-order valence-electron chi connectivity index (χ0n) is 17.5. The van der Waals surface area contributed by atoms with Crippen molar-refractivity contribution >= 4 is 17.4 Å². The van der Waals surface area contributed by atoms with E-state index in [0.717, 1.165) is 37.2 Å². The maximum absolute atomic E-state index is 13.0. The third-order valence-electron chi connectivity index (χ3n) is 5.97. The molecule has 0 aromatic heterocycles. The van der Waals surface area contributed by atoms with E-state index in [4.69, 9.17) is 9.47 Å². The third kappa shape index (κ3) is 4.49. The highest BCUT2D eigenvalue weighted by atomic mass is 16.6. The summed E-state index contributed by atoms with van der Waals surface area (Å²) in [7, 11) is 0. The molecular weight excluding hydrogens is 380 g/mol. The van der Waals surface area contributed by atoms with Crippen molar-refractivity contribution in [3.63, 3.8) is 0 Å². The standard InChI is InChI=1S/C24H28N2O4/c1-16-3-6-20(7-4-16)25-24(28)17(2)26-11-9-18(10-12-26)23(27)19-5-8-21-22(15-19)30-14-13-29-21/h3-8,15,17-18H,9-14H2,1-2H3,(H,25,28). The lowest BCUT2D eigenvalue weighted by atomic mass is 9.88. The predicted octanol–water partition coefficient (Wildman–Crippen LogP) is 3.69. The molecule has 1 unspecified atom stereocenters. The molecule has 2 heterocycles. The average molecular weight is 408 g/mol. The van der Waals surface area contributed by atoms with Crippen LogP contribution >= 0.6 is 0 Å². The van der Waals surface area contributed by atoms with Gasteiger partial charge in [-0.25, -0.2) is 0 Å². The normalized spacial score (nSPS) is 17.9. The van der Waals surface area contributed by atoms with E-state index in [2.05, 4.69) is 10.2 Å². The van der Waals surface area contributed by atoms with Gasteiger partial charge in [0.25, 0.3) is 0 Å². The van der Waals surface area contributed by atoms with E-state index in [1.165, 1.54) is 0 Å². The number of anilines is 1. The fourth-order valence-electron chi connectivity index (χ4n) is 4.03. The summed E-state index contributed by atoms with van der Waals surface area (Å²) in [6, 6.07) is 13.0. The second-order valence-electron chi connectivity index (χ2n) is 8.06. The maximum Gasteiger partial charge on any atom is 0.241 e. The van der Waals surface area contributed by atoms with Gasteiger partial charge in [0.15, 0.2) is 17.3 Å².